The zero-order valence-corrected chi connectivity index (χ0v) is 13.0. The third-order valence-corrected chi connectivity index (χ3v) is 3.43. The topological polar surface area (TPSA) is 92.4 Å². The highest BCUT2D eigenvalue weighted by molar-refractivity contribution is 6.34. The fourth-order valence-corrected chi connectivity index (χ4v) is 2.49. The Hall–Kier alpha value is -1.59. The van der Waals surface area contributed by atoms with Crippen LogP contribution >= 0.6 is 11.6 Å². The number of amides is 1. The Balaban J connectivity index is 2.79. The fraction of sp³-hybridized carbons (Fsp3) is 0.467. The number of benzene rings is 1. The second-order valence-electron chi connectivity index (χ2n) is 5.45. The van der Waals surface area contributed by atoms with E-state index >= 15 is 0 Å². The molecule has 0 aromatic heterocycles. The van der Waals surface area contributed by atoms with Gasteiger partial charge in [0.1, 0.15) is 5.56 Å². The largest absolute Gasteiger partial charge is 0.478 e. The quantitative estimate of drug-likeness (QED) is 0.721. The number of aromatic carboxylic acids is 1. The molecule has 1 rings (SSSR count). The number of carbonyl (C=O) groups is 2. The monoisotopic (exact) mass is 312 g/mol. The lowest BCUT2D eigenvalue weighted by Crippen LogP contribution is -2.24. The molecule has 1 atom stereocenters. The molecule has 0 saturated carbocycles. The summed E-state index contributed by atoms with van der Waals surface area (Å²) in [5.41, 5.74) is 5.78. The molecule has 1 amide bonds. The van der Waals surface area contributed by atoms with E-state index < -0.39 is 5.97 Å². The minimum Gasteiger partial charge on any atom is -0.478 e. The number of carboxylic acid groups (broad SMARTS) is 1. The van der Waals surface area contributed by atoms with Crippen LogP contribution in [0.2, 0.25) is 5.02 Å². The predicted molar refractivity (Wildman–Crippen MR) is 83.7 cm³/mol. The summed E-state index contributed by atoms with van der Waals surface area (Å²) in [6.45, 7) is 4.56. The average Bonchev–Trinajstić information content (AvgIpc) is 2.36. The number of hydrogen-bond donors (Lipinski definition) is 3. The van der Waals surface area contributed by atoms with Crippen LogP contribution in [-0.4, -0.2) is 23.5 Å². The van der Waals surface area contributed by atoms with Crippen LogP contribution in [0.5, 0.6) is 0 Å². The lowest BCUT2D eigenvalue weighted by molar-refractivity contribution is -0.117. The number of nitrogens with one attached hydrogen (secondary N) is 1. The first-order chi connectivity index (χ1) is 9.85. The Morgan fingerprint density at radius 1 is 1.38 bits per heavy atom. The van der Waals surface area contributed by atoms with E-state index in [4.69, 9.17) is 22.4 Å². The third-order valence-electron chi connectivity index (χ3n) is 3.11. The van der Waals surface area contributed by atoms with Crippen LogP contribution in [0.4, 0.5) is 5.69 Å². The molecule has 0 saturated heterocycles. The highest BCUT2D eigenvalue weighted by Gasteiger charge is 2.18. The average molecular weight is 313 g/mol. The van der Waals surface area contributed by atoms with Crippen molar-refractivity contribution in [3.05, 3.63) is 28.8 Å². The van der Waals surface area contributed by atoms with Crippen LogP contribution in [0, 0.1) is 11.8 Å². The zero-order valence-electron chi connectivity index (χ0n) is 12.2. The van der Waals surface area contributed by atoms with E-state index in [-0.39, 0.29) is 34.5 Å². The van der Waals surface area contributed by atoms with Gasteiger partial charge in [0.15, 0.2) is 0 Å². The van der Waals surface area contributed by atoms with Gasteiger partial charge in [-0.15, -0.1) is 0 Å². The van der Waals surface area contributed by atoms with Gasteiger partial charge in [0.25, 0.3) is 0 Å². The summed E-state index contributed by atoms with van der Waals surface area (Å²) in [6, 6.07) is 4.59. The molecule has 1 aromatic carbocycles. The molecule has 0 heterocycles. The lowest BCUT2D eigenvalue weighted by Gasteiger charge is -2.17. The molecule has 0 aliphatic carbocycles. The number of halogens is 1. The molecule has 0 bridgehead atoms. The van der Waals surface area contributed by atoms with Crippen LogP contribution in [0.25, 0.3) is 0 Å². The number of rotatable bonds is 7. The molecule has 0 radical (unpaired) electrons. The SMILES string of the molecule is CC(C)C[C@H](CN)CC(=O)Nc1cccc(Cl)c1C(=O)O. The summed E-state index contributed by atoms with van der Waals surface area (Å²) in [7, 11) is 0. The van der Waals surface area contributed by atoms with Crippen molar-refractivity contribution in [3.63, 3.8) is 0 Å². The Morgan fingerprint density at radius 3 is 2.57 bits per heavy atom. The minimum atomic E-state index is -1.17. The maximum absolute atomic E-state index is 12.0. The fourth-order valence-electron chi connectivity index (χ4n) is 2.24. The molecule has 0 spiro atoms. The molecule has 0 fully saturated rings. The molecule has 4 N–H and O–H groups in total. The maximum atomic E-state index is 12.0. The van der Waals surface area contributed by atoms with Gasteiger partial charge >= 0.3 is 5.97 Å². The van der Waals surface area contributed by atoms with Crippen molar-refractivity contribution in [2.75, 3.05) is 11.9 Å². The molecule has 0 aliphatic rings. The van der Waals surface area contributed by atoms with E-state index in [2.05, 4.69) is 19.2 Å². The molecule has 1 aromatic rings. The summed E-state index contributed by atoms with van der Waals surface area (Å²) in [5.74, 6) is -0.895. The summed E-state index contributed by atoms with van der Waals surface area (Å²) in [6.07, 6.45) is 1.12. The minimum absolute atomic E-state index is 0.0810. The van der Waals surface area contributed by atoms with E-state index in [9.17, 15) is 9.59 Å². The lowest BCUT2D eigenvalue weighted by atomic mass is 9.94. The van der Waals surface area contributed by atoms with Gasteiger partial charge in [0.2, 0.25) is 5.91 Å². The molecule has 0 aliphatic heterocycles. The Labute approximate surface area is 129 Å². The molecule has 0 unspecified atom stereocenters. The normalized spacial score (nSPS) is 12.2. The highest BCUT2D eigenvalue weighted by Crippen LogP contribution is 2.25. The van der Waals surface area contributed by atoms with Crippen LogP contribution in [0.15, 0.2) is 18.2 Å². The van der Waals surface area contributed by atoms with Gasteiger partial charge in [-0.1, -0.05) is 31.5 Å². The second kappa shape index (κ2) is 8.00. The van der Waals surface area contributed by atoms with Crippen molar-refractivity contribution in [2.45, 2.75) is 26.7 Å². The zero-order chi connectivity index (χ0) is 16.0. The maximum Gasteiger partial charge on any atom is 0.339 e. The van der Waals surface area contributed by atoms with Gasteiger partial charge in [0, 0.05) is 6.42 Å². The van der Waals surface area contributed by atoms with Gasteiger partial charge in [-0.2, -0.15) is 0 Å². The third kappa shape index (κ3) is 5.36. The van der Waals surface area contributed by atoms with Crippen molar-refractivity contribution in [1.29, 1.82) is 0 Å². The van der Waals surface area contributed by atoms with E-state index in [1.54, 1.807) is 6.07 Å². The Kier molecular flexibility index (Phi) is 6.65. The number of hydrogen-bond acceptors (Lipinski definition) is 3. The van der Waals surface area contributed by atoms with E-state index in [1.165, 1.54) is 12.1 Å². The van der Waals surface area contributed by atoms with Gasteiger partial charge in [-0.3, -0.25) is 4.79 Å². The summed E-state index contributed by atoms with van der Waals surface area (Å²) >= 11 is 5.86. The van der Waals surface area contributed by atoms with E-state index in [0.717, 1.165) is 6.42 Å². The van der Waals surface area contributed by atoms with Gasteiger partial charge < -0.3 is 16.2 Å². The van der Waals surface area contributed by atoms with Crippen molar-refractivity contribution < 1.29 is 14.7 Å². The first kappa shape index (κ1) is 17.5. The number of carbonyl (C=O) groups excluding carboxylic acids is 1. The van der Waals surface area contributed by atoms with Crippen LogP contribution < -0.4 is 11.1 Å². The van der Waals surface area contributed by atoms with Crippen molar-refractivity contribution >= 4 is 29.2 Å². The number of anilines is 1. The van der Waals surface area contributed by atoms with Crippen molar-refractivity contribution in [3.8, 4) is 0 Å². The van der Waals surface area contributed by atoms with Crippen LogP contribution in [0.1, 0.15) is 37.0 Å². The number of carboxylic acids is 1. The van der Waals surface area contributed by atoms with E-state index in [0.29, 0.717) is 12.5 Å². The van der Waals surface area contributed by atoms with Crippen molar-refractivity contribution in [2.24, 2.45) is 17.6 Å². The first-order valence-electron chi connectivity index (χ1n) is 6.86. The molecular weight excluding hydrogens is 292 g/mol. The van der Waals surface area contributed by atoms with E-state index in [1.807, 2.05) is 0 Å². The molecule has 116 valence electrons. The van der Waals surface area contributed by atoms with Crippen molar-refractivity contribution in [1.82, 2.24) is 0 Å². The molecule has 21 heavy (non-hydrogen) atoms. The first-order valence-corrected chi connectivity index (χ1v) is 7.24. The second-order valence-corrected chi connectivity index (χ2v) is 5.86. The smallest absolute Gasteiger partial charge is 0.339 e. The molecular formula is C15H21ClN2O3. The van der Waals surface area contributed by atoms with Gasteiger partial charge in [-0.25, -0.2) is 4.79 Å². The van der Waals surface area contributed by atoms with Gasteiger partial charge in [0.05, 0.1) is 10.7 Å². The standard InChI is InChI=1S/C15H21ClN2O3/c1-9(2)6-10(8-17)7-13(19)18-12-5-3-4-11(16)14(12)15(20)21/h3-5,9-10H,6-8,17H2,1-2H3,(H,18,19)(H,20,21)/t10-/m0/s1. The summed E-state index contributed by atoms with van der Waals surface area (Å²) < 4.78 is 0. The Bertz CT molecular complexity index is 518. The van der Waals surface area contributed by atoms with Crippen LogP contribution in [-0.2, 0) is 4.79 Å². The summed E-state index contributed by atoms with van der Waals surface area (Å²) in [5, 5.41) is 11.9. The van der Waals surface area contributed by atoms with Crippen LogP contribution in [0.3, 0.4) is 0 Å². The number of nitrogens with two attached hydrogens (primary N) is 1. The summed E-state index contributed by atoms with van der Waals surface area (Å²) in [4.78, 5) is 23.2. The Morgan fingerprint density at radius 2 is 2.05 bits per heavy atom. The molecule has 5 nitrogen and oxygen atoms in total. The highest BCUT2D eigenvalue weighted by atomic mass is 35.5. The predicted octanol–water partition coefficient (Wildman–Crippen LogP) is 2.99. The van der Waals surface area contributed by atoms with Gasteiger partial charge in [-0.05, 0) is 36.9 Å². The molecule has 6 heteroatoms.